The van der Waals surface area contributed by atoms with E-state index in [1.54, 1.807) is 55.5 Å². The number of ketones is 2. The van der Waals surface area contributed by atoms with Crippen LogP contribution < -0.4 is 14.4 Å². The van der Waals surface area contributed by atoms with Crippen molar-refractivity contribution >= 4 is 44.9 Å². The Hall–Kier alpha value is -4.44. The van der Waals surface area contributed by atoms with Gasteiger partial charge in [-0.1, -0.05) is 42.5 Å². The summed E-state index contributed by atoms with van der Waals surface area (Å²) >= 11 is 1.03. The van der Waals surface area contributed by atoms with Crippen LogP contribution in [0.15, 0.2) is 64.3 Å². The van der Waals surface area contributed by atoms with Gasteiger partial charge in [-0.2, -0.15) is 0 Å². The molecule has 200 valence electrons. The molecule has 1 unspecified atom stereocenters. The highest BCUT2D eigenvalue weighted by Gasteiger charge is 2.47. The van der Waals surface area contributed by atoms with Gasteiger partial charge in [0.15, 0.2) is 33.8 Å². The minimum absolute atomic E-state index is 0.0613. The Morgan fingerprint density at radius 2 is 1.95 bits per heavy atom. The molecule has 0 saturated carbocycles. The van der Waals surface area contributed by atoms with Crippen LogP contribution in [0.2, 0.25) is 0 Å². The molecule has 1 atom stereocenters. The van der Waals surface area contributed by atoms with E-state index >= 15 is 0 Å². The lowest BCUT2D eigenvalue weighted by Gasteiger charge is -2.24. The molecule has 0 fully saturated rings. The Bertz CT molecular complexity index is 1650. The highest BCUT2D eigenvalue weighted by Crippen LogP contribution is 2.45. The van der Waals surface area contributed by atoms with Crippen LogP contribution in [-0.2, 0) is 4.79 Å². The highest BCUT2D eigenvalue weighted by atomic mass is 32.1. The van der Waals surface area contributed by atoms with Gasteiger partial charge in [-0.3, -0.25) is 19.3 Å². The Balaban J connectivity index is 1.66. The first-order valence-electron chi connectivity index (χ1n) is 12.3. The number of carbonyl (C=O) groups excluding carboxylic acids is 3. The van der Waals surface area contributed by atoms with Crippen molar-refractivity contribution in [1.29, 1.82) is 0 Å². The predicted octanol–water partition coefficient (Wildman–Crippen LogP) is 5.98. The van der Waals surface area contributed by atoms with E-state index < -0.39 is 23.5 Å². The molecule has 1 aliphatic rings. The number of hydrogen-bond donors (Lipinski definition) is 1. The number of furan rings is 1. The Morgan fingerprint density at radius 1 is 1.18 bits per heavy atom. The number of aliphatic hydroxyl groups is 1. The van der Waals surface area contributed by atoms with Crippen molar-refractivity contribution < 1.29 is 33.4 Å². The van der Waals surface area contributed by atoms with Crippen LogP contribution in [0.25, 0.3) is 11.0 Å². The fraction of sp³-hybridized carbons (Fsp3) is 0.241. The number of anilines is 1. The monoisotopic (exact) mass is 546 g/mol. The number of aromatic nitrogens is 1. The molecule has 9 nitrogen and oxygen atoms in total. The standard InChI is InChI=1S/C29H26N2O7S/c1-5-12-37-19-10-6-8-17(13-19)23-22(24(33)21-14-18-9-7-11-20(36-4)26(18)38-21)25(34)28(35)31(23)29-30-15(2)27(39-29)16(3)32/h6-11,13-14,23,34H,5,12H2,1-4H3. The fourth-order valence-corrected chi connectivity index (χ4v) is 5.59. The van der Waals surface area contributed by atoms with Crippen LogP contribution in [0.1, 0.15) is 57.8 Å². The molecule has 0 bridgehead atoms. The van der Waals surface area contributed by atoms with E-state index in [1.165, 1.54) is 18.9 Å². The predicted molar refractivity (Wildman–Crippen MR) is 146 cm³/mol. The van der Waals surface area contributed by atoms with Crippen molar-refractivity contribution in [3.05, 3.63) is 81.8 Å². The van der Waals surface area contributed by atoms with Gasteiger partial charge in [-0.05, 0) is 43.2 Å². The summed E-state index contributed by atoms with van der Waals surface area (Å²) in [6.07, 6.45) is 0.796. The maximum absolute atomic E-state index is 13.9. The normalized spacial score (nSPS) is 15.3. The number of nitrogens with zero attached hydrogens (tertiary/aromatic N) is 2. The van der Waals surface area contributed by atoms with E-state index in [1.807, 2.05) is 6.92 Å². The Labute approximate surface area is 228 Å². The first kappa shape index (κ1) is 26.2. The van der Waals surface area contributed by atoms with E-state index in [2.05, 4.69) is 4.98 Å². The number of hydrogen-bond acceptors (Lipinski definition) is 9. The zero-order valence-corrected chi connectivity index (χ0v) is 22.6. The first-order valence-corrected chi connectivity index (χ1v) is 13.2. The summed E-state index contributed by atoms with van der Waals surface area (Å²) in [6, 6.07) is 12.7. The van der Waals surface area contributed by atoms with E-state index in [0.29, 0.717) is 45.2 Å². The SMILES string of the molecule is CCCOc1cccc(C2C(C(=O)c3cc4cccc(OC)c4o3)=C(O)C(=O)N2c2nc(C)c(C(C)=O)s2)c1. The number of amides is 1. The van der Waals surface area contributed by atoms with Gasteiger partial charge >= 0.3 is 0 Å². The van der Waals surface area contributed by atoms with Gasteiger partial charge < -0.3 is 19.0 Å². The zero-order valence-electron chi connectivity index (χ0n) is 21.8. The van der Waals surface area contributed by atoms with Crippen molar-refractivity contribution in [2.75, 3.05) is 18.6 Å². The van der Waals surface area contributed by atoms with Gasteiger partial charge in [0.05, 0.1) is 35.9 Å². The van der Waals surface area contributed by atoms with Crippen LogP contribution in [0.5, 0.6) is 11.5 Å². The number of aryl methyl sites for hydroxylation is 1. The summed E-state index contributed by atoms with van der Waals surface area (Å²) in [7, 11) is 1.50. The van der Waals surface area contributed by atoms with Gasteiger partial charge in [-0.25, -0.2) is 4.98 Å². The molecule has 39 heavy (non-hydrogen) atoms. The molecule has 1 N–H and O–H groups in total. The van der Waals surface area contributed by atoms with E-state index in [0.717, 1.165) is 17.8 Å². The Kier molecular flexibility index (Phi) is 6.96. The molecule has 0 radical (unpaired) electrons. The lowest BCUT2D eigenvalue weighted by Crippen LogP contribution is -2.31. The van der Waals surface area contributed by atoms with Gasteiger partial charge in [0.25, 0.3) is 5.91 Å². The minimum atomic E-state index is -1.05. The van der Waals surface area contributed by atoms with Gasteiger partial charge in [0.1, 0.15) is 5.75 Å². The molecule has 0 spiro atoms. The molecular weight excluding hydrogens is 520 g/mol. The second-order valence-electron chi connectivity index (χ2n) is 9.05. The number of carbonyl (C=O) groups is 3. The number of aliphatic hydroxyl groups excluding tert-OH is 1. The number of methoxy groups -OCH3 is 1. The largest absolute Gasteiger partial charge is 0.503 e. The molecule has 4 aromatic rings. The third-order valence-electron chi connectivity index (χ3n) is 6.36. The molecule has 10 heteroatoms. The van der Waals surface area contributed by atoms with Crippen molar-refractivity contribution in [3.8, 4) is 11.5 Å². The maximum atomic E-state index is 13.9. The number of thiazole rings is 1. The summed E-state index contributed by atoms with van der Waals surface area (Å²) in [5, 5.41) is 11.9. The summed E-state index contributed by atoms with van der Waals surface area (Å²) < 4.78 is 17.0. The molecular formula is C29H26N2O7S. The molecule has 0 saturated heterocycles. The molecule has 1 aliphatic heterocycles. The van der Waals surface area contributed by atoms with Gasteiger partial charge in [0.2, 0.25) is 5.78 Å². The van der Waals surface area contributed by atoms with Crippen molar-refractivity contribution in [2.45, 2.75) is 33.2 Å². The number of fused-ring (bicyclic) bond motifs is 1. The Morgan fingerprint density at radius 3 is 2.64 bits per heavy atom. The third-order valence-corrected chi connectivity index (χ3v) is 7.62. The molecule has 0 aliphatic carbocycles. The van der Waals surface area contributed by atoms with Gasteiger partial charge in [-0.15, -0.1) is 0 Å². The number of benzene rings is 2. The van der Waals surface area contributed by atoms with E-state index in [9.17, 15) is 19.5 Å². The van der Waals surface area contributed by atoms with E-state index in [4.69, 9.17) is 13.9 Å². The zero-order chi connectivity index (χ0) is 27.8. The number of Topliss-reactive ketones (excluding diaryl/α,β-unsaturated/α-hetero) is 2. The molecule has 2 aromatic carbocycles. The molecule has 3 heterocycles. The summed E-state index contributed by atoms with van der Waals surface area (Å²) in [4.78, 5) is 45.7. The minimum Gasteiger partial charge on any atom is -0.503 e. The van der Waals surface area contributed by atoms with Crippen LogP contribution in [0.4, 0.5) is 5.13 Å². The quantitative estimate of drug-likeness (QED) is 0.255. The van der Waals surface area contributed by atoms with Crippen molar-refractivity contribution in [1.82, 2.24) is 4.98 Å². The van der Waals surface area contributed by atoms with Crippen LogP contribution in [-0.4, -0.2) is 41.3 Å². The second-order valence-corrected chi connectivity index (χ2v) is 10.0. The summed E-state index contributed by atoms with van der Waals surface area (Å²) in [6.45, 7) is 5.56. The highest BCUT2D eigenvalue weighted by molar-refractivity contribution is 7.17. The number of para-hydroxylation sites is 1. The van der Waals surface area contributed by atoms with E-state index in [-0.39, 0.29) is 22.2 Å². The van der Waals surface area contributed by atoms with Crippen LogP contribution in [0, 0.1) is 6.92 Å². The topological polar surface area (TPSA) is 119 Å². The molecule has 5 rings (SSSR count). The van der Waals surface area contributed by atoms with Crippen molar-refractivity contribution in [2.24, 2.45) is 0 Å². The lowest BCUT2D eigenvalue weighted by molar-refractivity contribution is -0.117. The average molecular weight is 547 g/mol. The first-order chi connectivity index (χ1) is 18.7. The van der Waals surface area contributed by atoms with Crippen LogP contribution in [0.3, 0.4) is 0 Å². The van der Waals surface area contributed by atoms with Gasteiger partial charge in [0, 0.05) is 12.3 Å². The molecule has 2 aromatic heterocycles. The average Bonchev–Trinajstić information content (AvgIpc) is 3.61. The van der Waals surface area contributed by atoms with Crippen molar-refractivity contribution in [3.63, 3.8) is 0 Å². The number of rotatable bonds is 9. The summed E-state index contributed by atoms with van der Waals surface area (Å²) in [5.74, 6) is -1.44. The third kappa shape index (κ3) is 4.57. The smallest absolute Gasteiger partial charge is 0.296 e. The maximum Gasteiger partial charge on any atom is 0.296 e. The second kappa shape index (κ2) is 10.4. The number of ether oxygens (including phenoxy) is 2. The lowest BCUT2D eigenvalue weighted by atomic mass is 9.95. The summed E-state index contributed by atoms with van der Waals surface area (Å²) in [5.41, 5.74) is 1.19. The fourth-order valence-electron chi connectivity index (χ4n) is 4.60. The molecule has 1 amide bonds. The van der Waals surface area contributed by atoms with Crippen LogP contribution >= 0.6 is 11.3 Å².